The standard InChI is InChI=1S/C16H16N2O3/c19-16(18-17-12-8-10-4-3-5-11(10)12)15-9-20-13-6-1-2-7-14(13)21-15/h1-4,6-7,10-11,15H,5,8-9H2,(H,18,19)/b17-12-/t10-,11-,15+/m0/s1. The zero-order valence-electron chi connectivity index (χ0n) is 11.5. The van der Waals surface area contributed by atoms with E-state index in [0.29, 0.717) is 23.3 Å². The molecule has 21 heavy (non-hydrogen) atoms. The van der Waals surface area contributed by atoms with Gasteiger partial charge in [-0.1, -0.05) is 24.3 Å². The molecule has 0 radical (unpaired) electrons. The molecule has 1 saturated carbocycles. The predicted molar refractivity (Wildman–Crippen MR) is 77.3 cm³/mol. The fourth-order valence-electron chi connectivity index (χ4n) is 3.01. The number of allylic oxidation sites excluding steroid dienone is 2. The maximum absolute atomic E-state index is 12.1. The molecule has 1 heterocycles. The van der Waals surface area contributed by atoms with Gasteiger partial charge in [0.2, 0.25) is 6.10 Å². The molecule has 1 N–H and O–H groups in total. The van der Waals surface area contributed by atoms with Crippen molar-refractivity contribution in [2.24, 2.45) is 16.9 Å². The quantitative estimate of drug-likeness (QED) is 0.666. The number of nitrogens with one attached hydrogen (secondary N) is 1. The molecule has 3 atom stereocenters. The van der Waals surface area contributed by atoms with Crippen molar-refractivity contribution >= 4 is 11.6 Å². The molecule has 4 rings (SSSR count). The van der Waals surface area contributed by atoms with Crippen molar-refractivity contribution in [3.05, 3.63) is 36.4 Å². The van der Waals surface area contributed by atoms with E-state index in [1.165, 1.54) is 0 Å². The van der Waals surface area contributed by atoms with Gasteiger partial charge in [-0.15, -0.1) is 0 Å². The molecule has 1 aliphatic heterocycles. The fourth-order valence-corrected chi connectivity index (χ4v) is 3.01. The molecule has 0 unspecified atom stereocenters. The summed E-state index contributed by atoms with van der Waals surface area (Å²) in [5.74, 6) is 2.13. The van der Waals surface area contributed by atoms with E-state index in [9.17, 15) is 4.79 Å². The van der Waals surface area contributed by atoms with Crippen LogP contribution in [0.5, 0.6) is 11.5 Å². The van der Waals surface area contributed by atoms with Gasteiger partial charge >= 0.3 is 0 Å². The second-order valence-corrected chi connectivity index (χ2v) is 5.58. The number of hydrogen-bond acceptors (Lipinski definition) is 4. The normalized spacial score (nSPS) is 30.7. The molecule has 108 valence electrons. The van der Waals surface area contributed by atoms with Crippen LogP contribution in [0.3, 0.4) is 0 Å². The molecule has 5 heteroatoms. The van der Waals surface area contributed by atoms with Gasteiger partial charge in [-0.2, -0.15) is 5.10 Å². The topological polar surface area (TPSA) is 59.9 Å². The van der Waals surface area contributed by atoms with Gasteiger partial charge in [0.15, 0.2) is 11.5 Å². The third-order valence-corrected chi connectivity index (χ3v) is 4.27. The van der Waals surface area contributed by atoms with Crippen LogP contribution >= 0.6 is 0 Å². The monoisotopic (exact) mass is 284 g/mol. The Morgan fingerprint density at radius 3 is 3.00 bits per heavy atom. The molecule has 2 aliphatic carbocycles. The minimum atomic E-state index is -0.651. The number of fused-ring (bicyclic) bond motifs is 2. The highest BCUT2D eigenvalue weighted by Gasteiger charge is 2.38. The summed E-state index contributed by atoms with van der Waals surface area (Å²) in [6, 6.07) is 7.34. The van der Waals surface area contributed by atoms with E-state index >= 15 is 0 Å². The summed E-state index contributed by atoms with van der Waals surface area (Å²) in [6.45, 7) is 0.210. The number of para-hydroxylation sites is 2. The van der Waals surface area contributed by atoms with Crippen molar-refractivity contribution in [1.82, 2.24) is 5.43 Å². The second-order valence-electron chi connectivity index (χ2n) is 5.58. The zero-order valence-corrected chi connectivity index (χ0v) is 11.5. The number of amides is 1. The van der Waals surface area contributed by atoms with Crippen molar-refractivity contribution in [3.63, 3.8) is 0 Å². The Bertz CT molecular complexity index is 638. The highest BCUT2D eigenvalue weighted by Crippen LogP contribution is 2.40. The third kappa shape index (κ3) is 2.18. The molecule has 0 spiro atoms. The minimum Gasteiger partial charge on any atom is -0.485 e. The average Bonchev–Trinajstić information content (AvgIpc) is 2.88. The van der Waals surface area contributed by atoms with Crippen LogP contribution in [0.1, 0.15) is 12.8 Å². The van der Waals surface area contributed by atoms with Crippen molar-refractivity contribution in [2.45, 2.75) is 18.9 Å². The van der Waals surface area contributed by atoms with Crippen molar-refractivity contribution < 1.29 is 14.3 Å². The predicted octanol–water partition coefficient (Wildman–Crippen LogP) is 1.89. The summed E-state index contributed by atoms with van der Waals surface area (Å²) >= 11 is 0. The van der Waals surface area contributed by atoms with E-state index in [1.54, 1.807) is 6.07 Å². The number of carbonyl (C=O) groups is 1. The van der Waals surface area contributed by atoms with Crippen molar-refractivity contribution in [3.8, 4) is 11.5 Å². The van der Waals surface area contributed by atoms with E-state index in [4.69, 9.17) is 9.47 Å². The maximum atomic E-state index is 12.1. The van der Waals surface area contributed by atoms with Crippen LogP contribution in [0.4, 0.5) is 0 Å². The summed E-state index contributed by atoms with van der Waals surface area (Å²) in [5, 5.41) is 4.24. The number of benzene rings is 1. The summed E-state index contributed by atoms with van der Waals surface area (Å²) in [5.41, 5.74) is 3.69. The average molecular weight is 284 g/mol. The Balaban J connectivity index is 1.37. The lowest BCUT2D eigenvalue weighted by Gasteiger charge is -2.32. The molecule has 1 aromatic rings. The Kier molecular flexibility index (Phi) is 2.91. The molecule has 1 fully saturated rings. The SMILES string of the molecule is O=C(N/N=C1/C[C@@H]2C=CC[C@H]12)[C@H]1COc2ccccc2O1. The first-order valence-electron chi connectivity index (χ1n) is 7.23. The minimum absolute atomic E-state index is 0.210. The largest absolute Gasteiger partial charge is 0.485 e. The van der Waals surface area contributed by atoms with E-state index in [0.717, 1.165) is 18.6 Å². The first-order valence-corrected chi connectivity index (χ1v) is 7.23. The lowest BCUT2D eigenvalue weighted by Crippen LogP contribution is -2.43. The Labute approximate surface area is 122 Å². The molecule has 1 amide bonds. The van der Waals surface area contributed by atoms with Gasteiger partial charge in [-0.3, -0.25) is 4.79 Å². The van der Waals surface area contributed by atoms with Gasteiger partial charge in [0, 0.05) is 11.6 Å². The zero-order chi connectivity index (χ0) is 14.2. The molecular weight excluding hydrogens is 268 g/mol. The molecule has 0 aromatic heterocycles. The lowest BCUT2D eigenvalue weighted by atomic mass is 9.74. The molecule has 0 bridgehead atoms. The van der Waals surface area contributed by atoms with Crippen LogP contribution in [-0.2, 0) is 4.79 Å². The summed E-state index contributed by atoms with van der Waals surface area (Å²) < 4.78 is 11.2. The van der Waals surface area contributed by atoms with E-state index in [-0.39, 0.29) is 12.5 Å². The Morgan fingerprint density at radius 1 is 1.29 bits per heavy atom. The molecule has 1 aromatic carbocycles. The van der Waals surface area contributed by atoms with E-state index < -0.39 is 6.10 Å². The first-order chi connectivity index (χ1) is 10.3. The van der Waals surface area contributed by atoms with Crippen LogP contribution in [0, 0.1) is 11.8 Å². The number of hydrogen-bond donors (Lipinski definition) is 1. The first kappa shape index (κ1) is 12.4. The van der Waals surface area contributed by atoms with E-state index in [1.807, 2.05) is 18.2 Å². The lowest BCUT2D eigenvalue weighted by molar-refractivity contribution is -0.130. The smallest absolute Gasteiger partial charge is 0.284 e. The Hall–Kier alpha value is -2.30. The highest BCUT2D eigenvalue weighted by molar-refractivity contribution is 5.95. The van der Waals surface area contributed by atoms with Gasteiger partial charge < -0.3 is 9.47 Å². The summed E-state index contributed by atoms with van der Waals surface area (Å²) in [6.07, 6.45) is 5.76. The van der Waals surface area contributed by atoms with E-state index in [2.05, 4.69) is 22.7 Å². The van der Waals surface area contributed by atoms with Gasteiger partial charge in [-0.05, 0) is 30.9 Å². The number of nitrogens with zero attached hydrogens (tertiary/aromatic N) is 1. The third-order valence-electron chi connectivity index (χ3n) is 4.27. The molecular formula is C16H16N2O3. The van der Waals surface area contributed by atoms with Gasteiger partial charge in [0.1, 0.15) is 6.61 Å². The van der Waals surface area contributed by atoms with Crippen molar-refractivity contribution in [1.29, 1.82) is 0 Å². The van der Waals surface area contributed by atoms with Crippen LogP contribution in [0.15, 0.2) is 41.5 Å². The molecule has 0 saturated heterocycles. The maximum Gasteiger partial charge on any atom is 0.284 e. The number of rotatable bonds is 2. The van der Waals surface area contributed by atoms with Crippen molar-refractivity contribution in [2.75, 3.05) is 6.61 Å². The van der Waals surface area contributed by atoms with Gasteiger partial charge in [0.05, 0.1) is 0 Å². The van der Waals surface area contributed by atoms with Crippen LogP contribution in [-0.4, -0.2) is 24.3 Å². The van der Waals surface area contributed by atoms with Crippen LogP contribution in [0.2, 0.25) is 0 Å². The second kappa shape index (κ2) is 4.91. The van der Waals surface area contributed by atoms with Gasteiger partial charge in [0.25, 0.3) is 5.91 Å². The summed E-state index contributed by atoms with van der Waals surface area (Å²) in [4.78, 5) is 12.1. The summed E-state index contributed by atoms with van der Waals surface area (Å²) in [7, 11) is 0. The molecule has 3 aliphatic rings. The van der Waals surface area contributed by atoms with Crippen LogP contribution < -0.4 is 14.9 Å². The molecule has 5 nitrogen and oxygen atoms in total. The van der Waals surface area contributed by atoms with Gasteiger partial charge in [-0.25, -0.2) is 5.43 Å². The number of carbonyl (C=O) groups excluding carboxylic acids is 1. The van der Waals surface area contributed by atoms with Crippen LogP contribution in [0.25, 0.3) is 0 Å². The fraction of sp³-hybridized carbons (Fsp3) is 0.375. The highest BCUT2D eigenvalue weighted by atomic mass is 16.6. The Morgan fingerprint density at radius 2 is 2.14 bits per heavy atom. The number of hydrazone groups is 1. The number of ether oxygens (including phenoxy) is 2.